The standard InChI is InChI=1S/C20H26N6O3.CH2O2/c1-29-16-5-2-4-14(10-16)11-20(12-26(13-20)18(27)15-7-8-15)19(28)21-9-3-6-17-22-24-25-23-17;2-1-3/h2,4-5,10,15H,3,6-9,11-13H2,1H3,(H,21,28)(H,22,23,24,25);1H,(H,2,3). The lowest BCUT2D eigenvalue weighted by molar-refractivity contribution is -0.154. The minimum Gasteiger partial charge on any atom is -0.497 e. The molecule has 1 saturated carbocycles. The molecule has 32 heavy (non-hydrogen) atoms. The molecule has 2 amide bonds. The van der Waals surface area contributed by atoms with Crippen molar-refractivity contribution in [2.45, 2.75) is 32.1 Å². The average molecular weight is 444 g/mol. The maximum absolute atomic E-state index is 13.1. The van der Waals surface area contributed by atoms with Crippen LogP contribution in [-0.2, 0) is 27.2 Å². The van der Waals surface area contributed by atoms with Gasteiger partial charge in [0.1, 0.15) is 5.75 Å². The molecule has 0 radical (unpaired) electrons. The van der Waals surface area contributed by atoms with E-state index in [4.69, 9.17) is 14.6 Å². The van der Waals surface area contributed by atoms with E-state index in [1.807, 2.05) is 29.2 Å². The number of hydrogen-bond acceptors (Lipinski definition) is 7. The van der Waals surface area contributed by atoms with Crippen molar-refractivity contribution in [2.75, 3.05) is 26.7 Å². The van der Waals surface area contributed by atoms with E-state index in [1.165, 1.54) is 0 Å². The van der Waals surface area contributed by atoms with Crippen LogP contribution in [0.1, 0.15) is 30.7 Å². The van der Waals surface area contributed by atoms with Crippen molar-refractivity contribution in [3.8, 4) is 5.75 Å². The first kappa shape index (κ1) is 23.2. The summed E-state index contributed by atoms with van der Waals surface area (Å²) in [6.45, 7) is 1.22. The number of aromatic nitrogens is 4. The topological polar surface area (TPSA) is 150 Å². The van der Waals surface area contributed by atoms with Crippen molar-refractivity contribution >= 4 is 18.3 Å². The highest BCUT2D eigenvalue weighted by Crippen LogP contribution is 2.40. The number of aryl methyl sites for hydroxylation is 1. The third-order valence-corrected chi connectivity index (χ3v) is 5.64. The minimum atomic E-state index is -0.594. The van der Waals surface area contributed by atoms with E-state index in [0.717, 1.165) is 30.6 Å². The number of carbonyl (C=O) groups is 3. The molecule has 1 aliphatic carbocycles. The second kappa shape index (κ2) is 10.7. The quantitative estimate of drug-likeness (QED) is 0.372. The van der Waals surface area contributed by atoms with Crippen molar-refractivity contribution in [1.82, 2.24) is 30.8 Å². The van der Waals surface area contributed by atoms with Crippen LogP contribution >= 0.6 is 0 Å². The fraction of sp³-hybridized carbons (Fsp3) is 0.524. The Morgan fingerprint density at radius 2 is 2.12 bits per heavy atom. The summed E-state index contributed by atoms with van der Waals surface area (Å²) in [5.41, 5.74) is 0.438. The van der Waals surface area contributed by atoms with E-state index in [0.29, 0.717) is 38.3 Å². The smallest absolute Gasteiger partial charge is 0.290 e. The van der Waals surface area contributed by atoms with Gasteiger partial charge in [-0.15, -0.1) is 10.2 Å². The van der Waals surface area contributed by atoms with Crippen LogP contribution in [0.25, 0.3) is 0 Å². The lowest BCUT2D eigenvalue weighted by Gasteiger charge is -2.49. The third-order valence-electron chi connectivity index (χ3n) is 5.64. The molecule has 0 unspecified atom stereocenters. The Morgan fingerprint density at radius 1 is 1.38 bits per heavy atom. The van der Waals surface area contributed by atoms with Crippen LogP contribution in [0.3, 0.4) is 0 Å². The maximum atomic E-state index is 13.1. The van der Waals surface area contributed by atoms with Crippen LogP contribution in [-0.4, -0.2) is 75.7 Å². The third kappa shape index (κ3) is 5.80. The fourth-order valence-corrected chi connectivity index (χ4v) is 3.86. The molecule has 4 rings (SSSR count). The van der Waals surface area contributed by atoms with Gasteiger partial charge in [-0.3, -0.25) is 14.4 Å². The zero-order chi connectivity index (χ0) is 23.0. The molecule has 11 nitrogen and oxygen atoms in total. The number of methoxy groups -OCH3 is 1. The summed E-state index contributed by atoms with van der Waals surface area (Å²) in [4.78, 5) is 35.7. The number of likely N-dealkylation sites (tertiary alicyclic amines) is 1. The van der Waals surface area contributed by atoms with Gasteiger partial charge in [0.2, 0.25) is 11.8 Å². The molecular formula is C21H28N6O5. The highest BCUT2D eigenvalue weighted by atomic mass is 16.5. The fourth-order valence-electron chi connectivity index (χ4n) is 3.86. The normalized spacial score (nSPS) is 16.2. The molecule has 2 fully saturated rings. The van der Waals surface area contributed by atoms with Gasteiger partial charge in [0.05, 0.1) is 12.5 Å². The van der Waals surface area contributed by atoms with Crippen LogP contribution in [0.4, 0.5) is 0 Å². The molecule has 2 aromatic rings. The van der Waals surface area contributed by atoms with Crippen LogP contribution < -0.4 is 10.1 Å². The second-order valence-electron chi connectivity index (χ2n) is 8.07. The first-order valence-electron chi connectivity index (χ1n) is 10.5. The number of hydrogen-bond donors (Lipinski definition) is 3. The second-order valence-corrected chi connectivity index (χ2v) is 8.07. The Kier molecular flexibility index (Phi) is 7.74. The van der Waals surface area contributed by atoms with E-state index >= 15 is 0 Å². The molecule has 0 atom stereocenters. The molecule has 1 aromatic carbocycles. The molecular weight excluding hydrogens is 416 g/mol. The molecule has 11 heteroatoms. The summed E-state index contributed by atoms with van der Waals surface area (Å²) in [6, 6.07) is 7.77. The Labute approximate surface area is 185 Å². The van der Waals surface area contributed by atoms with Gasteiger partial charge in [-0.1, -0.05) is 17.3 Å². The molecule has 172 valence electrons. The molecule has 1 saturated heterocycles. The predicted octanol–water partition coefficient (Wildman–Crippen LogP) is 0.439. The number of tetrazole rings is 1. The number of nitrogens with one attached hydrogen (secondary N) is 2. The van der Waals surface area contributed by atoms with E-state index in [2.05, 4.69) is 25.9 Å². The van der Waals surface area contributed by atoms with Crippen molar-refractivity contribution in [3.05, 3.63) is 35.7 Å². The molecule has 1 aliphatic heterocycles. The molecule has 3 N–H and O–H groups in total. The minimum absolute atomic E-state index is 0.00622. The van der Waals surface area contributed by atoms with E-state index in [1.54, 1.807) is 7.11 Å². The van der Waals surface area contributed by atoms with Gasteiger partial charge >= 0.3 is 0 Å². The molecule has 1 aromatic heterocycles. The number of aromatic amines is 1. The van der Waals surface area contributed by atoms with Gasteiger partial charge in [0.25, 0.3) is 6.47 Å². The number of H-pyrrole nitrogens is 1. The number of carbonyl (C=O) groups excluding carboxylic acids is 2. The highest BCUT2D eigenvalue weighted by molar-refractivity contribution is 5.89. The summed E-state index contributed by atoms with van der Waals surface area (Å²) in [5, 5.41) is 23.7. The first-order valence-corrected chi connectivity index (χ1v) is 10.5. The molecule has 2 aliphatic rings. The number of nitrogens with zero attached hydrogens (tertiary/aromatic N) is 4. The van der Waals surface area contributed by atoms with Gasteiger partial charge in [0, 0.05) is 32.0 Å². The average Bonchev–Trinajstić information content (AvgIpc) is 3.49. The zero-order valence-corrected chi connectivity index (χ0v) is 18.0. The van der Waals surface area contributed by atoms with Crippen molar-refractivity contribution < 1.29 is 24.2 Å². The Morgan fingerprint density at radius 3 is 2.75 bits per heavy atom. The SMILES string of the molecule is COc1cccc(CC2(C(=O)NCCCc3nn[nH]n3)CN(C(=O)C3CC3)C2)c1.O=CO. The van der Waals surface area contributed by atoms with E-state index in [9.17, 15) is 9.59 Å². The first-order chi connectivity index (χ1) is 15.5. The van der Waals surface area contributed by atoms with Crippen molar-refractivity contribution in [1.29, 1.82) is 0 Å². The Bertz CT molecular complexity index is 909. The number of benzene rings is 1. The molecule has 0 bridgehead atoms. The maximum Gasteiger partial charge on any atom is 0.290 e. The summed E-state index contributed by atoms with van der Waals surface area (Å²) >= 11 is 0. The number of carboxylic acid groups (broad SMARTS) is 1. The number of ether oxygens (including phenoxy) is 1. The van der Waals surface area contributed by atoms with Gasteiger partial charge in [-0.2, -0.15) is 5.21 Å². The van der Waals surface area contributed by atoms with Gasteiger partial charge in [-0.25, -0.2) is 0 Å². The monoisotopic (exact) mass is 444 g/mol. The summed E-state index contributed by atoms with van der Waals surface area (Å²) in [7, 11) is 1.63. The summed E-state index contributed by atoms with van der Waals surface area (Å²) in [5.74, 6) is 1.76. The van der Waals surface area contributed by atoms with Crippen LogP contribution in [0.2, 0.25) is 0 Å². The lowest BCUT2D eigenvalue weighted by atomic mass is 9.73. The van der Waals surface area contributed by atoms with Gasteiger partial charge in [0.15, 0.2) is 5.82 Å². The lowest BCUT2D eigenvalue weighted by Crippen LogP contribution is -2.66. The van der Waals surface area contributed by atoms with Crippen LogP contribution in [0.5, 0.6) is 5.75 Å². The molecule has 2 heterocycles. The zero-order valence-electron chi connectivity index (χ0n) is 18.0. The number of rotatable bonds is 9. The summed E-state index contributed by atoms with van der Waals surface area (Å²) < 4.78 is 5.31. The Balaban J connectivity index is 0.000000913. The summed E-state index contributed by atoms with van der Waals surface area (Å²) in [6.07, 6.45) is 3.90. The Hall–Kier alpha value is -3.50. The predicted molar refractivity (Wildman–Crippen MR) is 113 cm³/mol. The molecule has 0 spiro atoms. The van der Waals surface area contributed by atoms with Gasteiger partial charge < -0.3 is 20.1 Å². The van der Waals surface area contributed by atoms with E-state index in [-0.39, 0.29) is 24.2 Å². The van der Waals surface area contributed by atoms with E-state index < -0.39 is 5.41 Å². The van der Waals surface area contributed by atoms with Crippen molar-refractivity contribution in [3.63, 3.8) is 0 Å². The van der Waals surface area contributed by atoms with Crippen LogP contribution in [0.15, 0.2) is 24.3 Å². The van der Waals surface area contributed by atoms with Crippen LogP contribution in [0, 0.1) is 11.3 Å². The highest BCUT2D eigenvalue weighted by Gasteiger charge is 2.52. The van der Waals surface area contributed by atoms with Gasteiger partial charge in [-0.05, 0) is 43.4 Å². The largest absolute Gasteiger partial charge is 0.497 e. The number of amides is 2. The van der Waals surface area contributed by atoms with Crippen molar-refractivity contribution in [2.24, 2.45) is 11.3 Å².